The van der Waals surface area contributed by atoms with Gasteiger partial charge in [-0.1, -0.05) is 31.4 Å². The predicted octanol–water partition coefficient (Wildman–Crippen LogP) is 0.875. The van der Waals surface area contributed by atoms with Crippen molar-refractivity contribution in [3.05, 3.63) is 29.8 Å². The van der Waals surface area contributed by atoms with Gasteiger partial charge in [0.25, 0.3) is 0 Å². The summed E-state index contributed by atoms with van der Waals surface area (Å²) in [5, 5.41) is 19.4. The third-order valence-corrected chi connectivity index (χ3v) is 9.18. The van der Waals surface area contributed by atoms with Crippen molar-refractivity contribution in [2.75, 3.05) is 24.7 Å². The Hall–Kier alpha value is -1.00. The lowest BCUT2D eigenvalue weighted by atomic mass is 9.84. The minimum absolute atomic E-state index is 0.0482. The van der Waals surface area contributed by atoms with E-state index in [1.54, 1.807) is 12.1 Å². The van der Waals surface area contributed by atoms with Gasteiger partial charge in [-0.3, -0.25) is 0 Å². The van der Waals surface area contributed by atoms with E-state index in [0.717, 1.165) is 22.7 Å². The third-order valence-electron chi connectivity index (χ3n) is 5.55. The topological polar surface area (TPSA) is 112 Å². The van der Waals surface area contributed by atoms with Gasteiger partial charge >= 0.3 is 0 Å². The van der Waals surface area contributed by atoms with Gasteiger partial charge < -0.3 is 10.2 Å². The molecule has 2 N–H and O–H groups in total. The maximum Gasteiger partial charge on any atom is 0.243 e. The van der Waals surface area contributed by atoms with E-state index in [2.05, 4.69) is 0 Å². The highest BCUT2D eigenvalue weighted by Crippen LogP contribution is 2.33. The van der Waals surface area contributed by atoms with Crippen LogP contribution in [0.4, 0.5) is 0 Å². The number of nitrogens with zero attached hydrogens (tertiary/aromatic N) is 1. The number of rotatable bonds is 6. The Labute approximate surface area is 161 Å². The maximum atomic E-state index is 13.1. The van der Waals surface area contributed by atoms with Crippen LogP contribution >= 0.6 is 0 Å². The summed E-state index contributed by atoms with van der Waals surface area (Å²) in [6.07, 6.45) is 4.53. The molecule has 0 bridgehead atoms. The van der Waals surface area contributed by atoms with E-state index in [4.69, 9.17) is 0 Å². The summed E-state index contributed by atoms with van der Waals surface area (Å²) in [5.74, 6) is -0.450. The van der Waals surface area contributed by atoms with Gasteiger partial charge in [-0.2, -0.15) is 4.31 Å². The van der Waals surface area contributed by atoms with E-state index in [1.807, 2.05) is 12.1 Å². The average Bonchev–Trinajstić information content (AvgIpc) is 2.92. The molecule has 0 spiro atoms. The Morgan fingerprint density at radius 1 is 1.04 bits per heavy atom. The van der Waals surface area contributed by atoms with Crippen LogP contribution in [0.5, 0.6) is 0 Å². The van der Waals surface area contributed by atoms with Gasteiger partial charge in [0.05, 0.1) is 35.2 Å². The number of aliphatic hydroxyl groups excluding tert-OH is 2. The minimum Gasteiger partial charge on any atom is -0.395 e. The molecule has 1 heterocycles. The zero-order chi connectivity index (χ0) is 19.7. The Balaban J connectivity index is 1.86. The second-order valence-corrected chi connectivity index (χ2v) is 11.5. The molecule has 7 nitrogen and oxygen atoms in total. The molecule has 0 unspecified atom stereocenters. The summed E-state index contributed by atoms with van der Waals surface area (Å²) >= 11 is 0. The molecule has 1 aromatic rings. The van der Waals surface area contributed by atoms with Crippen LogP contribution < -0.4 is 0 Å². The summed E-state index contributed by atoms with van der Waals surface area (Å²) in [6.45, 7) is -0.716. The molecule has 1 aliphatic carbocycles. The van der Waals surface area contributed by atoms with Crippen molar-refractivity contribution in [1.29, 1.82) is 0 Å². The Morgan fingerprint density at radius 3 is 2.19 bits per heavy atom. The summed E-state index contributed by atoms with van der Waals surface area (Å²) in [6, 6.07) is 5.65. The molecule has 0 radical (unpaired) electrons. The standard InChI is InChI=1S/C18H27NO6S2/c20-11-10-19(17-12-26(22,23)13-18(17)21)27(24,25)16-8-6-15(7-9-16)14-4-2-1-3-5-14/h6-9,14,17-18,20-21H,1-5,10-13H2/t17-,18+/m0/s1. The molecule has 2 atom stereocenters. The van der Waals surface area contributed by atoms with Gasteiger partial charge in [0.1, 0.15) is 0 Å². The molecular formula is C18H27NO6S2. The monoisotopic (exact) mass is 417 g/mol. The summed E-state index contributed by atoms with van der Waals surface area (Å²) < 4.78 is 50.7. The lowest BCUT2D eigenvalue weighted by Gasteiger charge is -2.29. The molecular weight excluding hydrogens is 390 g/mol. The molecule has 152 valence electrons. The molecule has 3 rings (SSSR count). The Kier molecular flexibility index (Phi) is 6.27. The first kappa shape index (κ1) is 20.7. The van der Waals surface area contributed by atoms with E-state index in [0.29, 0.717) is 5.92 Å². The van der Waals surface area contributed by atoms with Crippen LogP contribution in [-0.4, -0.2) is 68.2 Å². The first-order valence-corrected chi connectivity index (χ1v) is 12.6. The maximum absolute atomic E-state index is 13.1. The van der Waals surface area contributed by atoms with E-state index in [-0.39, 0.29) is 11.4 Å². The molecule has 1 saturated heterocycles. The lowest BCUT2D eigenvalue weighted by molar-refractivity contribution is 0.117. The fourth-order valence-electron chi connectivity index (χ4n) is 4.13. The SMILES string of the molecule is O=S1(=O)C[C@@H](O)[C@@H](N(CCO)S(=O)(=O)c2ccc(C3CCCCC3)cc2)C1. The highest BCUT2D eigenvalue weighted by atomic mass is 32.2. The molecule has 0 amide bonds. The number of benzene rings is 1. The van der Waals surface area contributed by atoms with Crippen LogP contribution in [0.2, 0.25) is 0 Å². The summed E-state index contributed by atoms with van der Waals surface area (Å²) in [5.41, 5.74) is 1.12. The van der Waals surface area contributed by atoms with Crippen molar-refractivity contribution >= 4 is 19.9 Å². The van der Waals surface area contributed by atoms with Crippen LogP contribution in [0.15, 0.2) is 29.2 Å². The molecule has 1 saturated carbocycles. The zero-order valence-corrected chi connectivity index (χ0v) is 16.8. The fraction of sp³-hybridized carbons (Fsp3) is 0.667. The average molecular weight is 418 g/mol. The normalized spacial score (nSPS) is 26.5. The molecule has 2 aliphatic rings. The third kappa shape index (κ3) is 4.54. The summed E-state index contributed by atoms with van der Waals surface area (Å²) in [7, 11) is -7.54. The van der Waals surface area contributed by atoms with Crippen LogP contribution in [0.3, 0.4) is 0 Å². The van der Waals surface area contributed by atoms with Crippen LogP contribution in [-0.2, 0) is 19.9 Å². The highest BCUT2D eigenvalue weighted by Gasteiger charge is 2.44. The lowest BCUT2D eigenvalue weighted by Crippen LogP contribution is -2.47. The zero-order valence-electron chi connectivity index (χ0n) is 15.2. The second kappa shape index (κ2) is 8.16. The van der Waals surface area contributed by atoms with Gasteiger partial charge in [-0.05, 0) is 36.5 Å². The van der Waals surface area contributed by atoms with Gasteiger partial charge in [-0.25, -0.2) is 16.8 Å². The fourth-order valence-corrected chi connectivity index (χ4v) is 7.67. The van der Waals surface area contributed by atoms with Gasteiger partial charge in [0.2, 0.25) is 10.0 Å². The van der Waals surface area contributed by atoms with Crippen molar-refractivity contribution in [3.63, 3.8) is 0 Å². The van der Waals surface area contributed by atoms with Gasteiger partial charge in [-0.15, -0.1) is 0 Å². The largest absolute Gasteiger partial charge is 0.395 e. The Morgan fingerprint density at radius 2 is 1.67 bits per heavy atom. The molecule has 0 aromatic heterocycles. The molecule has 1 aliphatic heterocycles. The van der Waals surface area contributed by atoms with E-state index < -0.39 is 50.1 Å². The molecule has 1 aromatic carbocycles. The van der Waals surface area contributed by atoms with Crippen molar-refractivity contribution < 1.29 is 27.0 Å². The van der Waals surface area contributed by atoms with Gasteiger partial charge in [0.15, 0.2) is 9.84 Å². The van der Waals surface area contributed by atoms with Crippen molar-refractivity contribution in [2.24, 2.45) is 0 Å². The number of hydrogen-bond donors (Lipinski definition) is 2. The molecule has 2 fully saturated rings. The van der Waals surface area contributed by atoms with Crippen molar-refractivity contribution in [3.8, 4) is 0 Å². The highest BCUT2D eigenvalue weighted by molar-refractivity contribution is 7.92. The summed E-state index contributed by atoms with van der Waals surface area (Å²) in [4.78, 5) is 0.0482. The molecule has 27 heavy (non-hydrogen) atoms. The molecule has 9 heteroatoms. The number of sulfone groups is 1. The quantitative estimate of drug-likeness (QED) is 0.710. The number of aliphatic hydroxyl groups is 2. The van der Waals surface area contributed by atoms with Crippen LogP contribution in [0.1, 0.15) is 43.6 Å². The smallest absolute Gasteiger partial charge is 0.243 e. The second-order valence-electron chi connectivity index (χ2n) is 7.45. The van der Waals surface area contributed by atoms with E-state index in [9.17, 15) is 27.0 Å². The van der Waals surface area contributed by atoms with E-state index >= 15 is 0 Å². The number of hydrogen-bond acceptors (Lipinski definition) is 6. The predicted molar refractivity (Wildman–Crippen MR) is 102 cm³/mol. The van der Waals surface area contributed by atoms with Crippen molar-refractivity contribution in [1.82, 2.24) is 4.31 Å². The van der Waals surface area contributed by atoms with Crippen LogP contribution in [0.25, 0.3) is 0 Å². The first-order valence-electron chi connectivity index (χ1n) is 9.36. The van der Waals surface area contributed by atoms with Gasteiger partial charge in [0, 0.05) is 6.54 Å². The Bertz CT molecular complexity index is 844. The van der Waals surface area contributed by atoms with Crippen molar-refractivity contribution in [2.45, 2.75) is 55.1 Å². The minimum atomic E-state index is -4.03. The van der Waals surface area contributed by atoms with Crippen LogP contribution in [0, 0.1) is 0 Å². The van der Waals surface area contributed by atoms with E-state index in [1.165, 1.54) is 19.3 Å². The number of sulfonamides is 1. The first-order chi connectivity index (χ1) is 12.7.